The van der Waals surface area contributed by atoms with Gasteiger partial charge in [-0.2, -0.15) is 0 Å². The van der Waals surface area contributed by atoms with Crippen molar-refractivity contribution < 1.29 is 19.4 Å². The zero-order valence-electron chi connectivity index (χ0n) is 9.49. The van der Waals surface area contributed by atoms with E-state index in [2.05, 4.69) is 5.32 Å². The molecule has 0 heterocycles. The summed E-state index contributed by atoms with van der Waals surface area (Å²) in [6.45, 7) is 5.15. The van der Waals surface area contributed by atoms with Crippen LogP contribution in [0.1, 0.15) is 26.7 Å². The van der Waals surface area contributed by atoms with Gasteiger partial charge in [0.2, 0.25) is 5.91 Å². The van der Waals surface area contributed by atoms with Gasteiger partial charge in [-0.15, -0.1) is 0 Å². The molecule has 0 saturated carbocycles. The summed E-state index contributed by atoms with van der Waals surface area (Å²) in [6, 6.07) is 0. The van der Waals surface area contributed by atoms with Gasteiger partial charge in [0, 0.05) is 26.2 Å². The molecule has 0 aromatic rings. The van der Waals surface area contributed by atoms with Crippen LogP contribution in [0.2, 0.25) is 0 Å². The topological polar surface area (TPSA) is 67.8 Å². The van der Waals surface area contributed by atoms with E-state index in [1.165, 1.54) is 0 Å². The highest BCUT2D eigenvalue weighted by molar-refractivity contribution is 5.76. The first-order valence-corrected chi connectivity index (χ1v) is 5.35. The largest absolute Gasteiger partial charge is 0.387 e. The van der Waals surface area contributed by atoms with Crippen molar-refractivity contribution in [2.45, 2.75) is 33.0 Å². The lowest BCUT2D eigenvalue weighted by Gasteiger charge is -2.16. The number of rotatable bonds is 9. The van der Waals surface area contributed by atoms with Gasteiger partial charge in [0.25, 0.3) is 0 Å². The molecule has 0 fully saturated rings. The van der Waals surface area contributed by atoms with Gasteiger partial charge in [-0.3, -0.25) is 4.79 Å². The van der Waals surface area contributed by atoms with E-state index < -0.39 is 6.61 Å². The predicted molar refractivity (Wildman–Crippen MR) is 56.4 cm³/mol. The first-order valence-electron chi connectivity index (χ1n) is 5.35. The van der Waals surface area contributed by atoms with E-state index >= 15 is 0 Å². The van der Waals surface area contributed by atoms with E-state index in [1.54, 1.807) is 0 Å². The van der Waals surface area contributed by atoms with Crippen molar-refractivity contribution in [2.24, 2.45) is 0 Å². The highest BCUT2D eigenvalue weighted by Gasteiger charge is 2.07. The van der Waals surface area contributed by atoms with Gasteiger partial charge in [0.1, 0.15) is 6.61 Å². The number of amides is 1. The van der Waals surface area contributed by atoms with Crippen LogP contribution in [-0.2, 0) is 14.3 Å². The van der Waals surface area contributed by atoms with Gasteiger partial charge >= 0.3 is 0 Å². The summed E-state index contributed by atoms with van der Waals surface area (Å²) in [6.07, 6.45) is 1.33. The van der Waals surface area contributed by atoms with Crippen molar-refractivity contribution in [2.75, 3.05) is 26.4 Å². The summed E-state index contributed by atoms with van der Waals surface area (Å²) in [5.74, 6) is -0.348. The average Bonchev–Trinajstić information content (AvgIpc) is 2.24. The highest BCUT2D eigenvalue weighted by atomic mass is 16.7. The van der Waals surface area contributed by atoms with Gasteiger partial charge < -0.3 is 19.9 Å². The fourth-order valence-electron chi connectivity index (χ4n) is 1.14. The molecule has 0 atom stereocenters. The molecule has 1 amide bonds. The predicted octanol–water partition coefficient (Wildman–Crippen LogP) is 0.274. The normalized spacial score (nSPS) is 10.7. The van der Waals surface area contributed by atoms with Crippen LogP contribution in [-0.4, -0.2) is 43.7 Å². The second-order valence-electron chi connectivity index (χ2n) is 2.99. The number of carbonyl (C=O) groups excluding carboxylic acids is 1. The Bertz CT molecular complexity index is 158. The van der Waals surface area contributed by atoms with Crippen LogP contribution in [0.5, 0.6) is 0 Å². The molecule has 5 nitrogen and oxygen atoms in total. The molecule has 0 rings (SSSR count). The van der Waals surface area contributed by atoms with Crippen molar-refractivity contribution in [3.05, 3.63) is 0 Å². The zero-order valence-corrected chi connectivity index (χ0v) is 9.49. The maximum absolute atomic E-state index is 10.7. The van der Waals surface area contributed by atoms with Crippen LogP contribution >= 0.6 is 0 Å². The van der Waals surface area contributed by atoms with E-state index in [4.69, 9.17) is 14.6 Å². The van der Waals surface area contributed by atoms with Crippen molar-refractivity contribution in [1.82, 2.24) is 5.32 Å². The molecule has 0 saturated heterocycles. The second-order valence-corrected chi connectivity index (χ2v) is 2.99. The standard InChI is InChI=1S/C10H21NO4/c1-3-14-10(15-4-2)6-5-7-11-9(13)8-12/h10,12H,3-8H2,1-2H3,(H,11,13). The smallest absolute Gasteiger partial charge is 0.245 e. The lowest BCUT2D eigenvalue weighted by atomic mass is 10.3. The summed E-state index contributed by atoms with van der Waals surface area (Å²) in [5.41, 5.74) is 0. The molecule has 0 aliphatic heterocycles. The van der Waals surface area contributed by atoms with Crippen LogP contribution in [0.25, 0.3) is 0 Å². The van der Waals surface area contributed by atoms with E-state index in [9.17, 15) is 4.79 Å². The van der Waals surface area contributed by atoms with Crippen LogP contribution in [0, 0.1) is 0 Å². The monoisotopic (exact) mass is 219 g/mol. The van der Waals surface area contributed by atoms with Crippen LogP contribution in [0.3, 0.4) is 0 Å². The van der Waals surface area contributed by atoms with Gasteiger partial charge in [-0.1, -0.05) is 0 Å². The Kier molecular flexibility index (Phi) is 9.46. The first-order chi connectivity index (χ1) is 7.24. The Morgan fingerprint density at radius 2 is 1.93 bits per heavy atom. The number of nitrogens with one attached hydrogen (secondary N) is 1. The lowest BCUT2D eigenvalue weighted by Crippen LogP contribution is -2.28. The second kappa shape index (κ2) is 9.89. The summed E-state index contributed by atoms with van der Waals surface area (Å²) in [4.78, 5) is 10.7. The number of hydrogen-bond donors (Lipinski definition) is 2. The summed E-state index contributed by atoms with van der Waals surface area (Å²) in [5, 5.41) is 11.0. The van der Waals surface area contributed by atoms with E-state index in [0.29, 0.717) is 19.8 Å². The van der Waals surface area contributed by atoms with Crippen molar-refractivity contribution in [1.29, 1.82) is 0 Å². The van der Waals surface area contributed by atoms with Crippen molar-refractivity contribution in [3.63, 3.8) is 0 Å². The molecule has 0 aliphatic carbocycles. The molecule has 0 bridgehead atoms. The average molecular weight is 219 g/mol. The highest BCUT2D eigenvalue weighted by Crippen LogP contribution is 2.03. The first kappa shape index (κ1) is 14.3. The van der Waals surface area contributed by atoms with Crippen LogP contribution in [0.15, 0.2) is 0 Å². The zero-order chi connectivity index (χ0) is 11.5. The third-order valence-electron chi connectivity index (χ3n) is 1.79. The molecule has 15 heavy (non-hydrogen) atoms. The number of carbonyl (C=O) groups is 1. The Morgan fingerprint density at radius 3 is 2.40 bits per heavy atom. The molecule has 2 N–H and O–H groups in total. The van der Waals surface area contributed by atoms with Gasteiger partial charge in [0.15, 0.2) is 6.29 Å². The molecule has 0 aromatic heterocycles. The molecule has 0 unspecified atom stereocenters. The Hall–Kier alpha value is -0.650. The van der Waals surface area contributed by atoms with Crippen LogP contribution < -0.4 is 5.32 Å². The van der Waals surface area contributed by atoms with E-state index in [-0.39, 0.29) is 12.2 Å². The molecule has 0 aliphatic rings. The molecule has 5 heteroatoms. The molecule has 0 spiro atoms. The van der Waals surface area contributed by atoms with Gasteiger partial charge in [-0.05, 0) is 20.3 Å². The molecule has 0 aromatic carbocycles. The maximum atomic E-state index is 10.7. The Labute approximate surface area is 90.8 Å². The summed E-state index contributed by atoms with van der Waals surface area (Å²) >= 11 is 0. The molecular weight excluding hydrogens is 198 g/mol. The Morgan fingerprint density at radius 1 is 1.33 bits per heavy atom. The Balaban J connectivity index is 3.48. The van der Waals surface area contributed by atoms with Crippen molar-refractivity contribution in [3.8, 4) is 0 Å². The van der Waals surface area contributed by atoms with E-state index in [1.807, 2.05) is 13.8 Å². The third kappa shape index (κ3) is 8.35. The van der Waals surface area contributed by atoms with Crippen molar-refractivity contribution >= 4 is 5.91 Å². The number of ether oxygens (including phenoxy) is 2. The minimum absolute atomic E-state index is 0.189. The fraction of sp³-hybridized carbons (Fsp3) is 0.900. The number of aliphatic hydroxyl groups is 1. The minimum atomic E-state index is -0.458. The van der Waals surface area contributed by atoms with Gasteiger partial charge in [0.05, 0.1) is 0 Å². The quantitative estimate of drug-likeness (QED) is 0.431. The minimum Gasteiger partial charge on any atom is -0.387 e. The summed E-state index contributed by atoms with van der Waals surface area (Å²) < 4.78 is 10.7. The van der Waals surface area contributed by atoms with Crippen LogP contribution in [0.4, 0.5) is 0 Å². The maximum Gasteiger partial charge on any atom is 0.245 e. The molecule has 0 radical (unpaired) electrons. The summed E-state index contributed by atoms with van der Waals surface area (Å²) in [7, 11) is 0. The molecule has 90 valence electrons. The number of aliphatic hydroxyl groups excluding tert-OH is 1. The third-order valence-corrected chi connectivity index (χ3v) is 1.79. The number of hydrogen-bond acceptors (Lipinski definition) is 4. The lowest BCUT2D eigenvalue weighted by molar-refractivity contribution is -0.140. The van der Waals surface area contributed by atoms with E-state index in [0.717, 1.165) is 12.8 Å². The molecular formula is C10H21NO4. The SMILES string of the molecule is CCOC(CCCNC(=O)CO)OCC. The van der Waals surface area contributed by atoms with Gasteiger partial charge in [-0.25, -0.2) is 0 Å². The fourth-order valence-corrected chi connectivity index (χ4v) is 1.14.